The first-order chi connectivity index (χ1) is 10.9. The monoisotopic (exact) mass is 332 g/mol. The lowest BCUT2D eigenvalue weighted by Gasteiger charge is -2.22. The molecule has 0 bridgehead atoms. The Morgan fingerprint density at radius 3 is 1.43 bits per heavy atom. The zero-order valence-corrected chi connectivity index (χ0v) is 14.0. The SMILES string of the molecule is CCOC(=O)C[C@H](C(=O)OCC)C(C(=O)OCC)C(=O)OCC. The molecular weight excluding hydrogens is 308 g/mol. The molecule has 0 aromatic heterocycles. The summed E-state index contributed by atoms with van der Waals surface area (Å²) in [7, 11) is 0. The molecular formula is C15H24O8. The first-order valence-corrected chi connectivity index (χ1v) is 7.58. The van der Waals surface area contributed by atoms with Crippen molar-refractivity contribution in [1.29, 1.82) is 0 Å². The van der Waals surface area contributed by atoms with E-state index in [1.54, 1.807) is 27.7 Å². The Bertz CT molecular complexity index is 400. The van der Waals surface area contributed by atoms with Gasteiger partial charge in [0.25, 0.3) is 0 Å². The lowest BCUT2D eigenvalue weighted by Crippen LogP contribution is -2.40. The van der Waals surface area contributed by atoms with Crippen LogP contribution in [0.2, 0.25) is 0 Å². The fourth-order valence-corrected chi connectivity index (χ4v) is 1.87. The molecule has 0 amide bonds. The second kappa shape index (κ2) is 11.4. The summed E-state index contributed by atoms with van der Waals surface area (Å²) in [4.78, 5) is 47.9. The van der Waals surface area contributed by atoms with E-state index in [1.165, 1.54) is 0 Å². The number of carbonyl (C=O) groups is 4. The Morgan fingerprint density at radius 2 is 1.04 bits per heavy atom. The minimum Gasteiger partial charge on any atom is -0.466 e. The van der Waals surface area contributed by atoms with Crippen LogP contribution in [-0.4, -0.2) is 50.3 Å². The quantitative estimate of drug-likeness (QED) is 0.329. The number of esters is 4. The number of rotatable bonds is 10. The van der Waals surface area contributed by atoms with E-state index in [-0.39, 0.29) is 26.4 Å². The Balaban J connectivity index is 5.48. The summed E-state index contributed by atoms with van der Waals surface area (Å²) in [6.45, 7) is 6.48. The van der Waals surface area contributed by atoms with Gasteiger partial charge in [-0.2, -0.15) is 0 Å². The predicted molar refractivity (Wildman–Crippen MR) is 78.1 cm³/mol. The summed E-state index contributed by atoms with van der Waals surface area (Å²) in [5, 5.41) is 0. The van der Waals surface area contributed by atoms with Crippen molar-refractivity contribution < 1.29 is 38.1 Å². The summed E-state index contributed by atoms with van der Waals surface area (Å²) in [6.07, 6.45) is -0.477. The van der Waals surface area contributed by atoms with Gasteiger partial charge in [-0.05, 0) is 27.7 Å². The van der Waals surface area contributed by atoms with E-state index in [9.17, 15) is 19.2 Å². The van der Waals surface area contributed by atoms with E-state index in [0.29, 0.717) is 0 Å². The van der Waals surface area contributed by atoms with Crippen LogP contribution in [0.25, 0.3) is 0 Å². The second-order valence-electron chi connectivity index (χ2n) is 4.35. The fraction of sp³-hybridized carbons (Fsp3) is 0.733. The highest BCUT2D eigenvalue weighted by Crippen LogP contribution is 2.22. The van der Waals surface area contributed by atoms with Crippen molar-refractivity contribution in [3.05, 3.63) is 0 Å². The van der Waals surface area contributed by atoms with Gasteiger partial charge in [-0.25, -0.2) is 0 Å². The third-order valence-corrected chi connectivity index (χ3v) is 2.76. The average Bonchev–Trinajstić information content (AvgIpc) is 2.47. The van der Waals surface area contributed by atoms with Crippen LogP contribution in [0.3, 0.4) is 0 Å². The molecule has 0 aliphatic rings. The zero-order chi connectivity index (χ0) is 17.8. The maximum absolute atomic E-state index is 12.1. The van der Waals surface area contributed by atoms with E-state index in [1.807, 2.05) is 0 Å². The van der Waals surface area contributed by atoms with Gasteiger partial charge < -0.3 is 18.9 Å². The summed E-state index contributed by atoms with van der Waals surface area (Å²) in [5.41, 5.74) is 0. The van der Waals surface area contributed by atoms with Crippen molar-refractivity contribution in [3.63, 3.8) is 0 Å². The molecule has 0 rings (SSSR count). The molecule has 0 heterocycles. The van der Waals surface area contributed by atoms with Crippen LogP contribution in [0.1, 0.15) is 34.1 Å². The van der Waals surface area contributed by atoms with Crippen LogP contribution in [0.5, 0.6) is 0 Å². The van der Waals surface area contributed by atoms with Crippen molar-refractivity contribution in [2.45, 2.75) is 34.1 Å². The second-order valence-corrected chi connectivity index (χ2v) is 4.35. The Hall–Kier alpha value is -2.12. The molecule has 0 unspecified atom stereocenters. The van der Waals surface area contributed by atoms with Crippen LogP contribution in [-0.2, 0) is 38.1 Å². The molecule has 0 spiro atoms. The predicted octanol–water partition coefficient (Wildman–Crippen LogP) is 0.861. The van der Waals surface area contributed by atoms with Crippen LogP contribution >= 0.6 is 0 Å². The molecule has 0 N–H and O–H groups in total. The molecule has 0 aliphatic carbocycles. The minimum absolute atomic E-state index is 0.0175. The molecule has 0 radical (unpaired) electrons. The standard InChI is InChI=1S/C15H24O8/c1-5-20-11(16)9-10(13(17)21-6-2)12(14(18)22-7-3)15(19)23-8-4/h10,12H,5-9H2,1-4H3/t10-/m0/s1. The summed E-state index contributed by atoms with van der Waals surface area (Å²) in [5.74, 6) is -6.37. The number of carbonyl (C=O) groups excluding carboxylic acids is 4. The maximum Gasteiger partial charge on any atom is 0.321 e. The molecule has 8 heteroatoms. The molecule has 132 valence electrons. The summed E-state index contributed by atoms with van der Waals surface area (Å²) in [6, 6.07) is 0. The van der Waals surface area contributed by atoms with Gasteiger partial charge in [0.15, 0.2) is 5.92 Å². The number of hydrogen-bond acceptors (Lipinski definition) is 8. The Labute approximate surface area is 135 Å². The van der Waals surface area contributed by atoms with E-state index >= 15 is 0 Å². The molecule has 1 atom stereocenters. The van der Waals surface area contributed by atoms with Crippen molar-refractivity contribution in [3.8, 4) is 0 Å². The molecule has 0 aromatic carbocycles. The lowest BCUT2D eigenvalue weighted by molar-refractivity contribution is -0.173. The smallest absolute Gasteiger partial charge is 0.321 e. The van der Waals surface area contributed by atoms with E-state index in [4.69, 9.17) is 18.9 Å². The largest absolute Gasteiger partial charge is 0.466 e. The molecule has 0 fully saturated rings. The van der Waals surface area contributed by atoms with Gasteiger partial charge in [-0.3, -0.25) is 19.2 Å². The maximum atomic E-state index is 12.1. The van der Waals surface area contributed by atoms with Gasteiger partial charge >= 0.3 is 23.9 Å². The van der Waals surface area contributed by atoms with Crippen molar-refractivity contribution in [2.75, 3.05) is 26.4 Å². The average molecular weight is 332 g/mol. The van der Waals surface area contributed by atoms with Gasteiger partial charge in [0.2, 0.25) is 0 Å². The lowest BCUT2D eigenvalue weighted by atomic mass is 9.89. The zero-order valence-electron chi connectivity index (χ0n) is 14.0. The number of ether oxygens (including phenoxy) is 4. The van der Waals surface area contributed by atoms with Crippen molar-refractivity contribution in [1.82, 2.24) is 0 Å². The molecule has 0 aliphatic heterocycles. The van der Waals surface area contributed by atoms with Gasteiger partial charge in [-0.15, -0.1) is 0 Å². The van der Waals surface area contributed by atoms with E-state index in [0.717, 1.165) is 0 Å². The first-order valence-electron chi connectivity index (χ1n) is 7.58. The molecule has 0 aromatic rings. The van der Waals surface area contributed by atoms with Gasteiger partial charge in [0.05, 0.1) is 38.8 Å². The van der Waals surface area contributed by atoms with Crippen LogP contribution < -0.4 is 0 Å². The number of hydrogen-bond donors (Lipinski definition) is 0. The van der Waals surface area contributed by atoms with Gasteiger partial charge in [-0.1, -0.05) is 0 Å². The highest BCUT2D eigenvalue weighted by Gasteiger charge is 2.44. The fourth-order valence-electron chi connectivity index (χ4n) is 1.87. The highest BCUT2D eigenvalue weighted by atomic mass is 16.6. The van der Waals surface area contributed by atoms with Gasteiger partial charge in [0, 0.05) is 0 Å². The van der Waals surface area contributed by atoms with Crippen LogP contribution in [0.15, 0.2) is 0 Å². The molecule has 0 saturated carbocycles. The third-order valence-electron chi connectivity index (χ3n) is 2.76. The summed E-state index contributed by atoms with van der Waals surface area (Å²) < 4.78 is 19.3. The van der Waals surface area contributed by atoms with E-state index < -0.39 is 42.1 Å². The normalized spacial score (nSPS) is 11.5. The highest BCUT2D eigenvalue weighted by molar-refractivity contribution is 6.00. The molecule has 8 nitrogen and oxygen atoms in total. The molecule has 23 heavy (non-hydrogen) atoms. The molecule has 0 saturated heterocycles. The minimum atomic E-state index is -1.57. The summed E-state index contributed by atoms with van der Waals surface area (Å²) >= 11 is 0. The first kappa shape index (κ1) is 20.9. The van der Waals surface area contributed by atoms with Gasteiger partial charge in [0.1, 0.15) is 0 Å². The topological polar surface area (TPSA) is 105 Å². The Kier molecular flexibility index (Phi) is 10.4. The van der Waals surface area contributed by atoms with Crippen molar-refractivity contribution >= 4 is 23.9 Å². The van der Waals surface area contributed by atoms with E-state index in [2.05, 4.69) is 0 Å². The van der Waals surface area contributed by atoms with Crippen LogP contribution in [0.4, 0.5) is 0 Å². The third kappa shape index (κ3) is 7.12. The Morgan fingerprint density at radius 1 is 0.652 bits per heavy atom. The van der Waals surface area contributed by atoms with Crippen molar-refractivity contribution in [2.24, 2.45) is 11.8 Å². The van der Waals surface area contributed by atoms with Crippen LogP contribution in [0, 0.1) is 11.8 Å².